The van der Waals surface area contributed by atoms with Crippen molar-refractivity contribution in [2.45, 2.75) is 19.6 Å². The van der Waals surface area contributed by atoms with E-state index in [9.17, 15) is 18.0 Å². The lowest BCUT2D eigenvalue weighted by Crippen LogP contribution is -2.08. The van der Waals surface area contributed by atoms with Crippen molar-refractivity contribution < 1.29 is 18.0 Å². The van der Waals surface area contributed by atoms with E-state index in [0.717, 1.165) is 6.07 Å². The topological polar surface area (TPSA) is 34.9 Å². The first-order chi connectivity index (χ1) is 9.36. The van der Waals surface area contributed by atoms with Crippen LogP contribution in [0.3, 0.4) is 0 Å². The highest BCUT2D eigenvalue weighted by Gasteiger charge is 2.35. The normalized spacial score (nSPS) is 11.7. The van der Waals surface area contributed by atoms with Gasteiger partial charge in [-0.1, -0.05) is 22.0 Å². The summed E-state index contributed by atoms with van der Waals surface area (Å²) in [5, 5.41) is 4.04. The Bertz CT molecular complexity index is 650. The summed E-state index contributed by atoms with van der Waals surface area (Å²) in [5.74, 6) is 0. The zero-order valence-corrected chi connectivity index (χ0v) is 12.0. The molecule has 2 rings (SSSR count). The number of benzene rings is 1. The van der Waals surface area contributed by atoms with Gasteiger partial charge in [-0.05, 0) is 19.1 Å². The van der Waals surface area contributed by atoms with Gasteiger partial charge in [-0.15, -0.1) is 0 Å². The first kappa shape index (κ1) is 14.8. The Hall–Kier alpha value is -1.63. The number of nitrogens with zero attached hydrogens (tertiary/aromatic N) is 2. The van der Waals surface area contributed by atoms with Gasteiger partial charge in [0, 0.05) is 22.8 Å². The van der Waals surface area contributed by atoms with Gasteiger partial charge in [0.15, 0.2) is 6.29 Å². The van der Waals surface area contributed by atoms with Crippen molar-refractivity contribution in [3.8, 4) is 11.3 Å². The Balaban J connectivity index is 2.69. The predicted molar refractivity (Wildman–Crippen MR) is 71.4 cm³/mol. The van der Waals surface area contributed by atoms with Gasteiger partial charge in [0.1, 0.15) is 5.69 Å². The van der Waals surface area contributed by atoms with E-state index >= 15 is 0 Å². The third kappa shape index (κ3) is 2.77. The van der Waals surface area contributed by atoms with Gasteiger partial charge in [0.25, 0.3) is 0 Å². The number of hydrogen-bond acceptors (Lipinski definition) is 2. The summed E-state index contributed by atoms with van der Waals surface area (Å²) < 4.78 is 41.0. The molecule has 0 atom stereocenters. The highest BCUT2D eigenvalue weighted by molar-refractivity contribution is 9.10. The number of aldehydes is 1. The lowest BCUT2D eigenvalue weighted by atomic mass is 10.0. The minimum absolute atomic E-state index is 0.0432. The number of aryl methyl sites for hydroxylation is 1. The van der Waals surface area contributed by atoms with Crippen LogP contribution in [0.5, 0.6) is 0 Å². The van der Waals surface area contributed by atoms with Crippen LogP contribution in [0.4, 0.5) is 13.2 Å². The molecule has 20 heavy (non-hydrogen) atoms. The molecule has 0 saturated heterocycles. The SMILES string of the molecule is CCn1cc(C=O)c(-c2ccc(Br)cc2C(F)(F)F)n1. The maximum Gasteiger partial charge on any atom is 0.417 e. The van der Waals surface area contributed by atoms with Crippen LogP contribution in [0.25, 0.3) is 11.3 Å². The van der Waals surface area contributed by atoms with E-state index in [2.05, 4.69) is 21.0 Å². The van der Waals surface area contributed by atoms with Gasteiger partial charge < -0.3 is 0 Å². The third-order valence-corrected chi connectivity index (χ3v) is 3.28. The van der Waals surface area contributed by atoms with E-state index in [0.29, 0.717) is 17.3 Å². The minimum atomic E-state index is -4.52. The average molecular weight is 347 g/mol. The van der Waals surface area contributed by atoms with Crippen LogP contribution in [-0.4, -0.2) is 16.1 Å². The maximum atomic E-state index is 13.1. The van der Waals surface area contributed by atoms with Crippen LogP contribution in [0.1, 0.15) is 22.8 Å². The molecule has 0 fully saturated rings. The fourth-order valence-electron chi connectivity index (χ4n) is 1.85. The summed E-state index contributed by atoms with van der Waals surface area (Å²) >= 11 is 3.02. The highest BCUT2D eigenvalue weighted by Crippen LogP contribution is 2.38. The van der Waals surface area contributed by atoms with Crippen molar-refractivity contribution in [3.05, 3.63) is 40.0 Å². The van der Waals surface area contributed by atoms with Crippen LogP contribution < -0.4 is 0 Å². The number of carbonyl (C=O) groups is 1. The number of rotatable bonds is 3. The van der Waals surface area contributed by atoms with Crippen LogP contribution in [0.2, 0.25) is 0 Å². The van der Waals surface area contributed by atoms with Crippen molar-refractivity contribution in [1.29, 1.82) is 0 Å². The minimum Gasteiger partial charge on any atom is -0.298 e. The molecular weight excluding hydrogens is 337 g/mol. The lowest BCUT2D eigenvalue weighted by Gasteiger charge is -2.12. The van der Waals surface area contributed by atoms with Gasteiger partial charge in [-0.25, -0.2) is 0 Å². The molecule has 7 heteroatoms. The molecule has 1 aromatic heterocycles. The summed E-state index contributed by atoms with van der Waals surface area (Å²) in [4.78, 5) is 11.0. The number of aromatic nitrogens is 2. The summed E-state index contributed by atoms with van der Waals surface area (Å²) in [7, 11) is 0. The standard InChI is InChI=1S/C13H10BrF3N2O/c1-2-19-6-8(7-20)12(18-19)10-4-3-9(14)5-11(10)13(15,16)17/h3-7H,2H2,1H3. The van der Waals surface area contributed by atoms with E-state index < -0.39 is 11.7 Å². The number of halogens is 4. The fraction of sp³-hybridized carbons (Fsp3) is 0.231. The van der Waals surface area contributed by atoms with Crippen molar-refractivity contribution in [3.63, 3.8) is 0 Å². The molecule has 0 aliphatic carbocycles. The highest BCUT2D eigenvalue weighted by atomic mass is 79.9. The molecule has 0 spiro atoms. The zero-order valence-electron chi connectivity index (χ0n) is 10.4. The monoisotopic (exact) mass is 346 g/mol. The molecule has 106 valence electrons. The molecule has 0 unspecified atom stereocenters. The Morgan fingerprint density at radius 2 is 2.10 bits per heavy atom. The van der Waals surface area contributed by atoms with Crippen LogP contribution >= 0.6 is 15.9 Å². The first-order valence-corrected chi connectivity index (χ1v) is 6.56. The molecule has 0 N–H and O–H groups in total. The Labute approximate surface area is 121 Å². The fourth-order valence-corrected chi connectivity index (χ4v) is 2.21. The van der Waals surface area contributed by atoms with Crippen molar-refractivity contribution in [2.24, 2.45) is 0 Å². The molecule has 0 amide bonds. The molecule has 0 aliphatic heterocycles. The third-order valence-electron chi connectivity index (χ3n) is 2.78. The first-order valence-electron chi connectivity index (χ1n) is 5.76. The predicted octanol–water partition coefficient (Wildman–Crippen LogP) is 4.16. The summed E-state index contributed by atoms with van der Waals surface area (Å²) in [5.41, 5.74) is -0.743. The number of carbonyl (C=O) groups excluding carboxylic acids is 1. The lowest BCUT2D eigenvalue weighted by molar-refractivity contribution is -0.137. The smallest absolute Gasteiger partial charge is 0.298 e. The molecular formula is C13H10BrF3N2O. The van der Waals surface area contributed by atoms with E-state index in [1.807, 2.05) is 0 Å². The second kappa shape index (κ2) is 5.40. The van der Waals surface area contributed by atoms with E-state index in [1.165, 1.54) is 23.0 Å². The Morgan fingerprint density at radius 3 is 2.65 bits per heavy atom. The van der Waals surface area contributed by atoms with Crippen LogP contribution in [-0.2, 0) is 12.7 Å². The van der Waals surface area contributed by atoms with Gasteiger partial charge in [-0.2, -0.15) is 18.3 Å². The van der Waals surface area contributed by atoms with Crippen molar-refractivity contribution in [1.82, 2.24) is 9.78 Å². The van der Waals surface area contributed by atoms with E-state index in [4.69, 9.17) is 0 Å². The summed E-state index contributed by atoms with van der Waals surface area (Å²) in [6, 6.07) is 3.78. The molecule has 2 aromatic rings. The van der Waals surface area contributed by atoms with Crippen molar-refractivity contribution in [2.75, 3.05) is 0 Å². The molecule has 3 nitrogen and oxygen atoms in total. The van der Waals surface area contributed by atoms with Gasteiger partial charge >= 0.3 is 6.18 Å². The van der Waals surface area contributed by atoms with Crippen LogP contribution in [0, 0.1) is 0 Å². The number of hydrogen-bond donors (Lipinski definition) is 0. The van der Waals surface area contributed by atoms with E-state index in [-0.39, 0.29) is 16.8 Å². The summed E-state index contributed by atoms with van der Waals surface area (Å²) in [6.45, 7) is 2.26. The summed E-state index contributed by atoms with van der Waals surface area (Å²) in [6.07, 6.45) is -2.57. The number of alkyl halides is 3. The molecule has 0 saturated carbocycles. The molecule has 1 aromatic carbocycles. The van der Waals surface area contributed by atoms with Gasteiger partial charge in [0.05, 0.1) is 11.1 Å². The zero-order chi connectivity index (χ0) is 14.9. The molecule has 0 bridgehead atoms. The molecule has 0 radical (unpaired) electrons. The second-order valence-electron chi connectivity index (χ2n) is 4.09. The van der Waals surface area contributed by atoms with Crippen molar-refractivity contribution >= 4 is 22.2 Å². The van der Waals surface area contributed by atoms with Crippen LogP contribution in [0.15, 0.2) is 28.9 Å². The Kier molecular flexibility index (Phi) is 3.99. The average Bonchev–Trinajstić information content (AvgIpc) is 2.81. The molecule has 1 heterocycles. The Morgan fingerprint density at radius 1 is 1.40 bits per heavy atom. The second-order valence-corrected chi connectivity index (χ2v) is 5.01. The van der Waals surface area contributed by atoms with Gasteiger partial charge in [0.2, 0.25) is 0 Å². The largest absolute Gasteiger partial charge is 0.417 e. The quantitative estimate of drug-likeness (QED) is 0.782. The molecule has 0 aliphatic rings. The maximum absolute atomic E-state index is 13.1. The van der Waals surface area contributed by atoms with Gasteiger partial charge in [-0.3, -0.25) is 9.48 Å². The van der Waals surface area contributed by atoms with E-state index in [1.54, 1.807) is 6.92 Å².